The highest BCUT2D eigenvalue weighted by Gasteiger charge is 2.28. The maximum atomic E-state index is 11.9. The molecule has 0 saturated heterocycles. The number of carbonyl (C=O) groups excluding carboxylic acids is 2. The summed E-state index contributed by atoms with van der Waals surface area (Å²) in [6.07, 6.45) is 0.605. The Morgan fingerprint density at radius 2 is 1.88 bits per heavy atom. The van der Waals surface area contributed by atoms with Crippen molar-refractivity contribution in [3.63, 3.8) is 0 Å². The second kappa shape index (κ2) is 3.93. The molecule has 16 heavy (non-hydrogen) atoms. The van der Waals surface area contributed by atoms with Crippen LogP contribution >= 0.6 is 0 Å². The van der Waals surface area contributed by atoms with Crippen LogP contribution in [0.15, 0.2) is 29.8 Å². The summed E-state index contributed by atoms with van der Waals surface area (Å²) >= 11 is 0. The largest absolute Gasteiger partial charge is 0.507 e. The summed E-state index contributed by atoms with van der Waals surface area (Å²) in [5.74, 6) is -0.111. The summed E-state index contributed by atoms with van der Waals surface area (Å²) in [6.45, 7) is 1.48. The molecule has 0 aromatic heterocycles. The standard InChI is InChI=1S/C13H12O3/c1-8(14)6-7-11-12(15)9-4-2-3-5-10(9)13(11)16/h2-5,15H,6-7H2,1H3. The lowest BCUT2D eigenvalue weighted by Gasteiger charge is -1.98. The van der Waals surface area contributed by atoms with Crippen molar-refractivity contribution in [3.8, 4) is 0 Å². The van der Waals surface area contributed by atoms with E-state index in [1.54, 1.807) is 24.3 Å². The lowest BCUT2D eigenvalue weighted by Crippen LogP contribution is -2.01. The SMILES string of the molecule is CC(=O)CCC1=C(O)c2ccccc2C1=O. The first-order valence-corrected chi connectivity index (χ1v) is 5.17. The van der Waals surface area contributed by atoms with Crippen molar-refractivity contribution in [1.29, 1.82) is 0 Å². The zero-order valence-corrected chi connectivity index (χ0v) is 8.99. The molecule has 1 aliphatic carbocycles. The summed E-state index contributed by atoms with van der Waals surface area (Å²) in [4.78, 5) is 22.8. The molecule has 82 valence electrons. The molecule has 3 heteroatoms. The third-order valence-corrected chi connectivity index (χ3v) is 2.71. The van der Waals surface area contributed by atoms with Crippen LogP contribution in [0.1, 0.15) is 35.7 Å². The first kappa shape index (κ1) is 10.6. The van der Waals surface area contributed by atoms with E-state index in [1.807, 2.05) is 0 Å². The van der Waals surface area contributed by atoms with Crippen LogP contribution in [0.5, 0.6) is 0 Å². The van der Waals surface area contributed by atoms with Gasteiger partial charge in [-0.2, -0.15) is 0 Å². The van der Waals surface area contributed by atoms with E-state index in [0.29, 0.717) is 29.5 Å². The van der Waals surface area contributed by atoms with E-state index in [9.17, 15) is 14.7 Å². The maximum Gasteiger partial charge on any atom is 0.193 e. The number of aliphatic hydroxyl groups is 1. The van der Waals surface area contributed by atoms with E-state index in [-0.39, 0.29) is 17.3 Å². The van der Waals surface area contributed by atoms with Crippen LogP contribution in [0.4, 0.5) is 0 Å². The molecule has 0 bridgehead atoms. The average molecular weight is 216 g/mol. The van der Waals surface area contributed by atoms with Gasteiger partial charge in [0.15, 0.2) is 5.78 Å². The minimum Gasteiger partial charge on any atom is -0.507 e. The van der Waals surface area contributed by atoms with Crippen LogP contribution in [-0.4, -0.2) is 16.7 Å². The number of ketones is 2. The highest BCUT2D eigenvalue weighted by molar-refractivity contribution is 6.19. The molecular formula is C13H12O3. The van der Waals surface area contributed by atoms with Crippen molar-refractivity contribution in [3.05, 3.63) is 41.0 Å². The zero-order valence-electron chi connectivity index (χ0n) is 8.99. The molecule has 0 aliphatic heterocycles. The summed E-state index contributed by atoms with van der Waals surface area (Å²) in [5.41, 5.74) is 1.46. The molecule has 2 rings (SSSR count). The minimum absolute atomic E-state index is 0.0176. The second-order valence-corrected chi connectivity index (χ2v) is 3.90. The van der Waals surface area contributed by atoms with Gasteiger partial charge in [-0.05, 0) is 13.3 Å². The number of hydrogen-bond acceptors (Lipinski definition) is 3. The molecule has 0 fully saturated rings. The first-order chi connectivity index (χ1) is 7.61. The van der Waals surface area contributed by atoms with E-state index >= 15 is 0 Å². The van der Waals surface area contributed by atoms with Crippen molar-refractivity contribution in [2.45, 2.75) is 19.8 Å². The second-order valence-electron chi connectivity index (χ2n) is 3.90. The number of Topliss-reactive ketones (excluding diaryl/α,β-unsaturated/α-hetero) is 2. The fraction of sp³-hybridized carbons (Fsp3) is 0.231. The summed E-state index contributed by atoms with van der Waals surface area (Å²) in [6, 6.07) is 6.94. The Hall–Kier alpha value is -1.90. The molecular weight excluding hydrogens is 204 g/mol. The van der Waals surface area contributed by atoms with Gasteiger partial charge in [0.1, 0.15) is 11.5 Å². The Kier molecular flexibility index (Phi) is 2.60. The van der Waals surface area contributed by atoms with Gasteiger partial charge >= 0.3 is 0 Å². The third-order valence-electron chi connectivity index (χ3n) is 2.71. The summed E-state index contributed by atoms with van der Waals surface area (Å²) in [7, 11) is 0. The molecule has 1 aromatic carbocycles. The quantitative estimate of drug-likeness (QED) is 0.844. The van der Waals surface area contributed by atoms with Crippen molar-refractivity contribution in [2.24, 2.45) is 0 Å². The lowest BCUT2D eigenvalue weighted by molar-refractivity contribution is -0.116. The van der Waals surface area contributed by atoms with Crippen LogP contribution in [0.25, 0.3) is 5.76 Å². The van der Waals surface area contributed by atoms with Gasteiger partial charge in [-0.15, -0.1) is 0 Å². The van der Waals surface area contributed by atoms with Crippen LogP contribution in [0, 0.1) is 0 Å². The maximum absolute atomic E-state index is 11.9. The Morgan fingerprint density at radius 1 is 1.25 bits per heavy atom. The van der Waals surface area contributed by atoms with Gasteiger partial charge in [0, 0.05) is 23.1 Å². The molecule has 3 nitrogen and oxygen atoms in total. The predicted octanol–water partition coefficient (Wildman–Crippen LogP) is 2.52. The molecule has 0 amide bonds. The predicted molar refractivity (Wildman–Crippen MR) is 60.2 cm³/mol. The number of fused-ring (bicyclic) bond motifs is 1. The lowest BCUT2D eigenvalue weighted by atomic mass is 10.0. The minimum atomic E-state index is -0.158. The van der Waals surface area contributed by atoms with Crippen LogP contribution in [0.3, 0.4) is 0 Å². The number of benzene rings is 1. The Bertz CT molecular complexity index is 498. The highest BCUT2D eigenvalue weighted by Crippen LogP contribution is 2.32. The van der Waals surface area contributed by atoms with Gasteiger partial charge in [0.05, 0.1) is 0 Å². The van der Waals surface area contributed by atoms with E-state index in [4.69, 9.17) is 0 Å². The third kappa shape index (κ3) is 1.65. The molecule has 1 aromatic rings. The van der Waals surface area contributed by atoms with Gasteiger partial charge in [-0.3, -0.25) is 4.79 Å². The topological polar surface area (TPSA) is 54.4 Å². The van der Waals surface area contributed by atoms with Gasteiger partial charge in [-0.25, -0.2) is 0 Å². The zero-order chi connectivity index (χ0) is 11.7. The first-order valence-electron chi connectivity index (χ1n) is 5.17. The average Bonchev–Trinajstić information content (AvgIpc) is 2.50. The Morgan fingerprint density at radius 3 is 2.44 bits per heavy atom. The van der Waals surface area contributed by atoms with Crippen molar-refractivity contribution in [1.82, 2.24) is 0 Å². The molecule has 0 saturated carbocycles. The van der Waals surface area contributed by atoms with Gasteiger partial charge < -0.3 is 9.90 Å². The fourth-order valence-corrected chi connectivity index (χ4v) is 1.85. The Labute approximate surface area is 93.4 Å². The molecule has 0 spiro atoms. The number of rotatable bonds is 3. The molecule has 0 radical (unpaired) electrons. The normalized spacial score (nSPS) is 14.2. The fourth-order valence-electron chi connectivity index (χ4n) is 1.85. The van der Waals surface area contributed by atoms with Gasteiger partial charge in [0.2, 0.25) is 0 Å². The molecule has 1 N–H and O–H groups in total. The van der Waals surface area contributed by atoms with Gasteiger partial charge in [0.25, 0.3) is 0 Å². The smallest absolute Gasteiger partial charge is 0.193 e. The molecule has 1 aliphatic rings. The number of carbonyl (C=O) groups is 2. The van der Waals surface area contributed by atoms with E-state index in [2.05, 4.69) is 0 Å². The van der Waals surface area contributed by atoms with E-state index < -0.39 is 0 Å². The van der Waals surface area contributed by atoms with Crippen LogP contribution < -0.4 is 0 Å². The molecule has 0 unspecified atom stereocenters. The summed E-state index contributed by atoms with van der Waals surface area (Å²) in [5, 5.41) is 9.87. The molecule has 0 atom stereocenters. The van der Waals surface area contributed by atoms with E-state index in [1.165, 1.54) is 6.92 Å². The molecule has 0 heterocycles. The van der Waals surface area contributed by atoms with E-state index in [0.717, 1.165) is 0 Å². The van der Waals surface area contributed by atoms with Crippen molar-refractivity contribution >= 4 is 17.3 Å². The Balaban J connectivity index is 2.33. The number of hydrogen-bond donors (Lipinski definition) is 1. The number of aliphatic hydroxyl groups excluding tert-OH is 1. The van der Waals surface area contributed by atoms with Crippen LogP contribution in [-0.2, 0) is 4.79 Å². The monoisotopic (exact) mass is 216 g/mol. The highest BCUT2D eigenvalue weighted by atomic mass is 16.3. The van der Waals surface area contributed by atoms with Crippen LogP contribution in [0.2, 0.25) is 0 Å². The van der Waals surface area contributed by atoms with Gasteiger partial charge in [-0.1, -0.05) is 24.3 Å². The summed E-state index contributed by atoms with van der Waals surface area (Å²) < 4.78 is 0. The van der Waals surface area contributed by atoms with Crippen molar-refractivity contribution < 1.29 is 14.7 Å². The van der Waals surface area contributed by atoms with Crippen molar-refractivity contribution in [2.75, 3.05) is 0 Å². The number of allylic oxidation sites excluding steroid dienone is 1.